The minimum atomic E-state index is -5.32. The Morgan fingerprint density at radius 3 is 1.33 bits per heavy atom. The molecule has 9 heavy (non-hydrogen) atoms. The van der Waals surface area contributed by atoms with Crippen LogP contribution in [0.15, 0.2) is 0 Å². The van der Waals surface area contributed by atoms with E-state index in [0.717, 1.165) is 0 Å². The second-order valence-electron chi connectivity index (χ2n) is 0.938. The number of hydrogen-bond acceptors (Lipinski definition) is 3. The minimum absolute atomic E-state index is 0. The van der Waals surface area contributed by atoms with E-state index >= 15 is 0 Å². The summed E-state index contributed by atoms with van der Waals surface area (Å²) in [5.41, 5.74) is 0. The number of rotatable bonds is 1. The first-order chi connectivity index (χ1) is 3.25. The van der Waals surface area contributed by atoms with Crippen LogP contribution in [-0.2, 0) is 14.3 Å². The van der Waals surface area contributed by atoms with Gasteiger partial charge in [0, 0.05) is 0 Å². The first-order valence-corrected chi connectivity index (χ1v) is 4.94. The molecule has 0 rings (SSSR count). The molecule has 0 aliphatic rings. The van der Waals surface area contributed by atoms with E-state index in [1.807, 2.05) is 0 Å². The predicted molar refractivity (Wildman–Crippen MR) is 32.1 cm³/mol. The van der Waals surface area contributed by atoms with Crippen molar-refractivity contribution >= 4 is 65.4 Å². The van der Waals surface area contributed by atoms with Crippen molar-refractivity contribution in [2.45, 2.75) is 0 Å². The van der Waals surface area contributed by atoms with Gasteiger partial charge in [-0.1, -0.05) is 0 Å². The van der Waals surface area contributed by atoms with Gasteiger partial charge in [0.1, 0.15) is 0 Å². The van der Waals surface area contributed by atoms with Crippen molar-refractivity contribution < 1.29 is 27.3 Å². The summed E-state index contributed by atoms with van der Waals surface area (Å²) < 4.78 is 36.0. The molecule has 0 radical (unpaired) electrons. The van der Waals surface area contributed by atoms with Crippen LogP contribution in [0.5, 0.6) is 0 Å². The van der Waals surface area contributed by atoms with E-state index in [4.69, 9.17) is 14.3 Å². The van der Waals surface area contributed by atoms with Crippen molar-refractivity contribution in [2.75, 3.05) is 0 Å². The van der Waals surface area contributed by atoms with Gasteiger partial charge in [-0.05, 0) is 0 Å². The van der Waals surface area contributed by atoms with E-state index in [-0.39, 0.29) is 48.9 Å². The molecule has 0 aromatic carbocycles. The molecule has 3 N–H and O–H groups in total. The van der Waals surface area contributed by atoms with Gasteiger partial charge in [0.25, 0.3) is 0 Å². The molecule has 0 saturated heterocycles. The molecule has 0 bridgehead atoms. The van der Waals surface area contributed by atoms with Gasteiger partial charge < -0.3 is 9.79 Å². The zero-order valence-corrected chi connectivity index (χ0v) is 5.13. The van der Waals surface area contributed by atoms with E-state index in [0.29, 0.717) is 0 Å². The van der Waals surface area contributed by atoms with Crippen molar-refractivity contribution in [3.63, 3.8) is 0 Å². The second-order valence-corrected chi connectivity index (χ2v) is 5.63. The Balaban J connectivity index is 0. The zero-order valence-electron chi connectivity index (χ0n) is 3.42. The van der Waals surface area contributed by atoms with Gasteiger partial charge in [0.05, 0.1) is 0 Å². The number of hydrogen-bond donors (Lipinski definition) is 3. The van der Waals surface area contributed by atoms with Gasteiger partial charge in [0.15, 0.2) is 0 Å². The Labute approximate surface area is 91.4 Å². The summed E-state index contributed by atoms with van der Waals surface area (Å²) in [6.07, 6.45) is 0. The molecule has 54 valence electrons. The maximum atomic E-state index is 9.51. The summed E-state index contributed by atoms with van der Waals surface area (Å²) in [7, 11) is -5.17. The molecule has 0 amide bonds. The molecule has 0 unspecified atom stereocenters. The topological polar surface area (TPSA) is 112 Å². The average molecular weight is 301 g/mol. The molecule has 0 aromatic heterocycles. The molecule has 6 nitrogen and oxygen atoms in total. The van der Waals surface area contributed by atoms with Gasteiger partial charge in [-0.3, -0.25) is 4.55 Å². The molecule has 0 saturated carbocycles. The molecular weight excluding hydrogens is 296 g/mol. The van der Waals surface area contributed by atoms with Crippen molar-refractivity contribution in [1.29, 1.82) is 0 Å². The van der Waals surface area contributed by atoms with Crippen LogP contribution >= 0.6 is 6.80 Å². The van der Waals surface area contributed by atoms with Gasteiger partial charge in [-0.15, -0.1) is 0 Å². The fourth-order valence-corrected chi connectivity index (χ4v) is 0. The second kappa shape index (κ2) is 3.86. The van der Waals surface area contributed by atoms with Crippen molar-refractivity contribution in [3.8, 4) is 0 Å². The maximum absolute atomic E-state index is 9.51. The summed E-state index contributed by atoms with van der Waals surface area (Å²) >= 11 is 0. The Hall–Kier alpha value is 1.63. The van der Waals surface area contributed by atoms with E-state index in [9.17, 15) is 13.0 Å². The monoisotopic (exact) mass is 302 g/mol. The normalized spacial score (nSPS) is 12.3. The quantitative estimate of drug-likeness (QED) is 0.295. The molecule has 0 spiro atoms. The van der Waals surface area contributed by atoms with Crippen LogP contribution in [0.4, 0.5) is 0 Å². The van der Waals surface area contributed by atoms with Crippen LogP contribution in [0.2, 0.25) is 0 Å². The van der Waals surface area contributed by atoms with Crippen LogP contribution in [0.3, 0.4) is 0 Å². The molecule has 0 fully saturated rings. The van der Waals surface area contributed by atoms with E-state index in [2.05, 4.69) is 0 Å². The average Bonchev–Trinajstić information content (AvgIpc) is 1.25. The van der Waals surface area contributed by atoms with E-state index in [1.54, 1.807) is 0 Å². The third-order valence-electron chi connectivity index (χ3n) is 0.301. The van der Waals surface area contributed by atoms with E-state index < -0.39 is 16.5 Å². The molecule has 9 heteroatoms. The summed E-state index contributed by atoms with van der Waals surface area (Å²) in [6.45, 7) is -5.32. The van der Waals surface area contributed by atoms with Gasteiger partial charge in [-0.2, -0.15) is 8.42 Å². The van der Waals surface area contributed by atoms with Crippen LogP contribution in [-0.4, -0.2) is 71.6 Å². The third kappa shape index (κ3) is 4.96. The SMILES string of the molecule is O=P(O)(O)S(=O)(=O)O.[BaH2]. The summed E-state index contributed by atoms with van der Waals surface area (Å²) in [5, 5.41) is 0. The molecule has 0 atom stereocenters. The summed E-state index contributed by atoms with van der Waals surface area (Å²) in [6, 6.07) is 0. The molecule has 0 heterocycles. The Morgan fingerprint density at radius 2 is 1.33 bits per heavy atom. The molecule has 0 aliphatic heterocycles. The first-order valence-electron chi connectivity index (χ1n) is 1.28. The predicted octanol–water partition coefficient (Wildman–Crippen LogP) is -1.95. The fourth-order valence-electron chi connectivity index (χ4n) is 0. The third-order valence-corrected chi connectivity index (χ3v) is 2.70. The summed E-state index contributed by atoms with van der Waals surface area (Å²) in [4.78, 5) is 15.3. The van der Waals surface area contributed by atoms with Crippen LogP contribution in [0.1, 0.15) is 0 Å². The Morgan fingerprint density at radius 1 is 1.22 bits per heavy atom. The summed E-state index contributed by atoms with van der Waals surface area (Å²) in [5.74, 6) is 0. The standard InChI is InChI=1S/Ba.H3O6PS.2H/c;1-7(2,3)8(4,5)6;;/h;(H2,1,2,3)(H,4,5,6);;. The van der Waals surface area contributed by atoms with Gasteiger partial charge >= 0.3 is 65.4 Å². The van der Waals surface area contributed by atoms with Crippen LogP contribution < -0.4 is 0 Å². The van der Waals surface area contributed by atoms with E-state index in [1.165, 1.54) is 0 Å². The molecular formula is H5BaO6PS. The molecule has 0 aromatic rings. The van der Waals surface area contributed by atoms with Crippen LogP contribution in [0, 0.1) is 0 Å². The first kappa shape index (κ1) is 13.2. The van der Waals surface area contributed by atoms with Crippen molar-refractivity contribution in [2.24, 2.45) is 0 Å². The van der Waals surface area contributed by atoms with Crippen molar-refractivity contribution in [1.82, 2.24) is 0 Å². The Kier molecular flexibility index (Phi) is 5.68. The Bertz CT molecular complexity index is 207. The van der Waals surface area contributed by atoms with Crippen molar-refractivity contribution in [3.05, 3.63) is 0 Å². The molecule has 0 aliphatic carbocycles. The van der Waals surface area contributed by atoms with Gasteiger partial charge in [-0.25, -0.2) is 4.57 Å². The van der Waals surface area contributed by atoms with Gasteiger partial charge in [0.2, 0.25) is 0 Å². The fraction of sp³-hybridized carbons (Fsp3) is 0. The zero-order chi connectivity index (χ0) is 7.00. The van der Waals surface area contributed by atoms with Crippen LogP contribution in [0.25, 0.3) is 0 Å².